The Hall–Kier alpha value is 0.440. The second-order valence-electron chi connectivity index (χ2n) is 7.35. The first kappa shape index (κ1) is 24.7. The second kappa shape index (κ2) is 16.3. The van der Waals surface area contributed by atoms with Crippen LogP contribution in [0.2, 0.25) is 0 Å². The molecule has 136 valence electrons. The summed E-state index contributed by atoms with van der Waals surface area (Å²) in [5.74, 6) is 0.834. The van der Waals surface area contributed by atoms with E-state index in [1.807, 2.05) is 0 Å². The van der Waals surface area contributed by atoms with Gasteiger partial charge in [-0.2, -0.15) is 0 Å². The van der Waals surface area contributed by atoms with Crippen LogP contribution in [0.1, 0.15) is 118 Å². The summed E-state index contributed by atoms with van der Waals surface area (Å²) in [6.07, 6.45) is 20.1. The molecule has 3 N–H and O–H groups in total. The van der Waals surface area contributed by atoms with Crippen molar-refractivity contribution in [1.82, 2.24) is 6.15 Å². The van der Waals surface area contributed by atoms with Crippen LogP contribution in [-0.4, -0.2) is 4.32 Å². The molecule has 1 unspecified atom stereocenters. The summed E-state index contributed by atoms with van der Waals surface area (Å²) in [6, 6.07) is 0. The van der Waals surface area contributed by atoms with E-state index in [4.69, 9.17) is 0 Å². The molecule has 0 aliphatic heterocycles. The lowest BCUT2D eigenvalue weighted by Crippen LogP contribution is -2.23. The summed E-state index contributed by atoms with van der Waals surface area (Å²) in [4.78, 5) is 0. The molecule has 0 rings (SSSR count). The zero-order valence-electron chi connectivity index (χ0n) is 16.1. The van der Waals surface area contributed by atoms with E-state index in [1.54, 1.807) is 0 Å². The first-order chi connectivity index (χ1) is 10.0. The fraction of sp³-hybridized carbons (Fsp3) is 1.00. The van der Waals surface area contributed by atoms with E-state index < -0.39 is 0 Å². The van der Waals surface area contributed by atoms with Crippen LogP contribution in [0.5, 0.6) is 0 Å². The van der Waals surface area contributed by atoms with Crippen molar-refractivity contribution in [3.63, 3.8) is 0 Å². The standard InChI is InChI=1S/C20H41Br.H3N/c1-5-7-8-9-10-11-12-13-14-15-16-17-18-19(6-2)20(3,4)21;/h19H,5-18H2,1-4H3;1H3. The molecule has 0 heterocycles. The molecule has 0 aliphatic rings. The molecule has 0 bridgehead atoms. The van der Waals surface area contributed by atoms with Gasteiger partial charge in [-0.25, -0.2) is 0 Å². The van der Waals surface area contributed by atoms with Crippen LogP contribution >= 0.6 is 15.9 Å². The van der Waals surface area contributed by atoms with Crippen molar-refractivity contribution in [1.29, 1.82) is 0 Å². The molecule has 0 aliphatic carbocycles. The van der Waals surface area contributed by atoms with Crippen molar-refractivity contribution in [2.24, 2.45) is 5.92 Å². The molecular formula is C20H44BrN. The van der Waals surface area contributed by atoms with Crippen molar-refractivity contribution in [3.05, 3.63) is 0 Å². The third kappa shape index (κ3) is 15.3. The van der Waals surface area contributed by atoms with Gasteiger partial charge in [0.15, 0.2) is 0 Å². The van der Waals surface area contributed by atoms with Crippen molar-refractivity contribution in [3.8, 4) is 0 Å². The van der Waals surface area contributed by atoms with Gasteiger partial charge in [0, 0.05) is 4.32 Å². The van der Waals surface area contributed by atoms with Crippen molar-refractivity contribution in [2.45, 2.75) is 122 Å². The number of alkyl halides is 1. The minimum atomic E-state index is 0. The van der Waals surface area contributed by atoms with Crippen LogP contribution in [0.25, 0.3) is 0 Å². The number of unbranched alkanes of at least 4 members (excludes halogenated alkanes) is 11. The third-order valence-corrected chi connectivity index (χ3v) is 5.52. The maximum atomic E-state index is 3.84. The van der Waals surface area contributed by atoms with Gasteiger partial charge in [0.05, 0.1) is 0 Å². The summed E-state index contributed by atoms with van der Waals surface area (Å²) in [7, 11) is 0. The summed E-state index contributed by atoms with van der Waals surface area (Å²) in [6.45, 7) is 9.26. The second-order valence-corrected chi connectivity index (χ2v) is 9.39. The van der Waals surface area contributed by atoms with Crippen LogP contribution in [0, 0.1) is 5.92 Å². The largest absolute Gasteiger partial charge is 0.344 e. The van der Waals surface area contributed by atoms with Crippen LogP contribution < -0.4 is 6.15 Å². The molecule has 0 aromatic carbocycles. The Morgan fingerprint density at radius 2 is 1.05 bits per heavy atom. The highest BCUT2D eigenvalue weighted by Gasteiger charge is 2.23. The fourth-order valence-electron chi connectivity index (χ4n) is 3.26. The topological polar surface area (TPSA) is 35.0 Å². The predicted octanol–water partition coefficient (Wildman–Crippen LogP) is 8.44. The SMILES string of the molecule is CCCCCCCCCCCCCCC(CC)C(C)(C)Br.N. The van der Waals surface area contributed by atoms with Gasteiger partial charge in [0.2, 0.25) is 0 Å². The molecule has 0 saturated heterocycles. The summed E-state index contributed by atoms with van der Waals surface area (Å²) in [5, 5.41) is 0. The molecule has 0 spiro atoms. The number of halogens is 1. The van der Waals surface area contributed by atoms with Crippen LogP contribution in [0.3, 0.4) is 0 Å². The average Bonchev–Trinajstić information content (AvgIpc) is 2.42. The highest BCUT2D eigenvalue weighted by molar-refractivity contribution is 9.10. The van der Waals surface area contributed by atoms with Crippen LogP contribution in [0.4, 0.5) is 0 Å². The van der Waals surface area contributed by atoms with E-state index in [9.17, 15) is 0 Å². The quantitative estimate of drug-likeness (QED) is 0.225. The fourth-order valence-corrected chi connectivity index (χ4v) is 3.82. The first-order valence-electron chi connectivity index (χ1n) is 9.71. The summed E-state index contributed by atoms with van der Waals surface area (Å²) >= 11 is 3.84. The van der Waals surface area contributed by atoms with E-state index in [0.717, 1.165) is 5.92 Å². The lowest BCUT2D eigenvalue weighted by atomic mass is 9.88. The van der Waals surface area contributed by atoms with Crippen LogP contribution in [0.15, 0.2) is 0 Å². The lowest BCUT2D eigenvalue weighted by molar-refractivity contribution is 0.371. The average molecular weight is 378 g/mol. The molecule has 0 saturated carbocycles. The van der Waals surface area contributed by atoms with Gasteiger partial charge in [0.25, 0.3) is 0 Å². The highest BCUT2D eigenvalue weighted by atomic mass is 79.9. The molecule has 0 radical (unpaired) electrons. The Morgan fingerprint density at radius 3 is 1.36 bits per heavy atom. The minimum Gasteiger partial charge on any atom is -0.344 e. The molecule has 0 aromatic heterocycles. The van der Waals surface area contributed by atoms with E-state index in [-0.39, 0.29) is 6.15 Å². The Morgan fingerprint density at radius 1 is 0.682 bits per heavy atom. The van der Waals surface area contributed by atoms with E-state index in [0.29, 0.717) is 4.32 Å². The predicted molar refractivity (Wildman–Crippen MR) is 108 cm³/mol. The molecule has 1 nitrogen and oxygen atoms in total. The van der Waals surface area contributed by atoms with Gasteiger partial charge in [-0.1, -0.05) is 113 Å². The summed E-state index contributed by atoms with van der Waals surface area (Å²) < 4.78 is 0.319. The smallest absolute Gasteiger partial charge is 0.0229 e. The van der Waals surface area contributed by atoms with Gasteiger partial charge in [-0.3, -0.25) is 0 Å². The number of hydrogen-bond donors (Lipinski definition) is 1. The summed E-state index contributed by atoms with van der Waals surface area (Å²) in [5.41, 5.74) is 0. The lowest BCUT2D eigenvalue weighted by Gasteiger charge is -2.27. The Kier molecular flexibility index (Phi) is 18.3. The van der Waals surface area contributed by atoms with Crippen molar-refractivity contribution < 1.29 is 0 Å². The van der Waals surface area contributed by atoms with Gasteiger partial charge in [-0.15, -0.1) is 0 Å². The first-order valence-corrected chi connectivity index (χ1v) is 10.5. The van der Waals surface area contributed by atoms with Crippen molar-refractivity contribution >= 4 is 15.9 Å². The normalized spacial score (nSPS) is 13.0. The molecule has 0 amide bonds. The zero-order valence-corrected chi connectivity index (χ0v) is 17.6. The minimum absolute atomic E-state index is 0. The van der Waals surface area contributed by atoms with Crippen molar-refractivity contribution in [2.75, 3.05) is 0 Å². The van der Waals surface area contributed by atoms with Gasteiger partial charge < -0.3 is 6.15 Å². The zero-order chi connectivity index (χ0) is 16.0. The van der Waals surface area contributed by atoms with E-state index >= 15 is 0 Å². The Labute approximate surface area is 150 Å². The Balaban J connectivity index is 0. The van der Waals surface area contributed by atoms with E-state index in [1.165, 1.54) is 89.9 Å². The third-order valence-electron chi connectivity index (χ3n) is 4.87. The number of rotatable bonds is 15. The molecule has 2 heteroatoms. The monoisotopic (exact) mass is 377 g/mol. The number of hydrogen-bond acceptors (Lipinski definition) is 1. The molecule has 22 heavy (non-hydrogen) atoms. The van der Waals surface area contributed by atoms with Crippen LogP contribution in [-0.2, 0) is 0 Å². The molecule has 1 atom stereocenters. The van der Waals surface area contributed by atoms with Gasteiger partial charge >= 0.3 is 0 Å². The molecule has 0 fully saturated rings. The molecular weight excluding hydrogens is 334 g/mol. The maximum Gasteiger partial charge on any atom is 0.0229 e. The highest BCUT2D eigenvalue weighted by Crippen LogP contribution is 2.33. The maximum absolute atomic E-state index is 3.84. The molecule has 0 aromatic rings. The van der Waals surface area contributed by atoms with Gasteiger partial charge in [0.1, 0.15) is 0 Å². The Bertz CT molecular complexity index is 210. The van der Waals surface area contributed by atoms with E-state index in [2.05, 4.69) is 43.6 Å². The van der Waals surface area contributed by atoms with Gasteiger partial charge in [-0.05, 0) is 26.2 Å².